The van der Waals surface area contributed by atoms with Crippen LogP contribution in [-0.2, 0) is 0 Å². The van der Waals surface area contributed by atoms with Gasteiger partial charge >= 0.3 is 0 Å². The van der Waals surface area contributed by atoms with E-state index in [4.69, 9.17) is 4.42 Å². The Morgan fingerprint density at radius 2 is 0.897 bits per heavy atom. The molecule has 0 atom stereocenters. The van der Waals surface area contributed by atoms with E-state index >= 15 is 0 Å². The molecule has 0 bridgehead atoms. The van der Waals surface area contributed by atoms with Crippen LogP contribution in [0.3, 0.4) is 0 Å². The summed E-state index contributed by atoms with van der Waals surface area (Å²) in [5, 5.41) is 7.04. The Morgan fingerprint density at radius 3 is 1.69 bits per heavy atom. The van der Waals surface area contributed by atoms with Gasteiger partial charge in [-0.2, -0.15) is 0 Å². The molecule has 0 fully saturated rings. The molecule has 1 heterocycles. The molecule has 58 heavy (non-hydrogen) atoms. The van der Waals surface area contributed by atoms with Crippen molar-refractivity contribution in [3.05, 3.63) is 224 Å². The second kappa shape index (κ2) is 14.1. The first-order valence-corrected chi connectivity index (χ1v) is 19.8. The molecule has 2 nitrogen and oxygen atoms in total. The summed E-state index contributed by atoms with van der Waals surface area (Å²) >= 11 is 0. The third-order valence-electron chi connectivity index (χ3n) is 11.5. The maximum absolute atomic E-state index is 6.99. The topological polar surface area (TPSA) is 16.4 Å². The molecule has 0 amide bonds. The molecule has 0 radical (unpaired) electrons. The van der Waals surface area contributed by atoms with Gasteiger partial charge in [-0.15, -0.1) is 0 Å². The first-order chi connectivity index (χ1) is 28.8. The molecule has 10 aromatic carbocycles. The summed E-state index contributed by atoms with van der Waals surface area (Å²) in [7, 11) is 0. The first kappa shape index (κ1) is 33.6. The Labute approximate surface area is 337 Å². The number of fused-ring (bicyclic) bond motifs is 6. The highest BCUT2D eigenvalue weighted by Gasteiger charge is 2.25. The monoisotopic (exact) mass is 739 g/mol. The Hall–Kier alpha value is -7.68. The summed E-state index contributed by atoms with van der Waals surface area (Å²) in [6.45, 7) is 0. The van der Waals surface area contributed by atoms with E-state index in [0.29, 0.717) is 0 Å². The van der Waals surface area contributed by atoms with Crippen LogP contribution in [0.1, 0.15) is 0 Å². The minimum absolute atomic E-state index is 0.861. The molecule has 0 spiro atoms. The summed E-state index contributed by atoms with van der Waals surface area (Å²) in [5.41, 5.74) is 14.2. The fraction of sp³-hybridized carbons (Fsp3) is 0. The second-order valence-electron chi connectivity index (χ2n) is 14.8. The molecule has 0 saturated heterocycles. The number of para-hydroxylation sites is 2. The van der Waals surface area contributed by atoms with E-state index in [1.807, 2.05) is 0 Å². The predicted molar refractivity (Wildman–Crippen MR) is 245 cm³/mol. The average Bonchev–Trinajstić information content (AvgIpc) is 3.70. The Kier molecular flexibility index (Phi) is 8.19. The minimum atomic E-state index is 0.861. The summed E-state index contributed by atoms with van der Waals surface area (Å²) in [6.07, 6.45) is 0. The van der Waals surface area contributed by atoms with Crippen LogP contribution in [0.15, 0.2) is 229 Å². The molecule has 11 rings (SSSR count). The van der Waals surface area contributed by atoms with E-state index in [1.54, 1.807) is 0 Å². The first-order valence-electron chi connectivity index (χ1n) is 19.8. The van der Waals surface area contributed by atoms with E-state index in [1.165, 1.54) is 32.7 Å². The zero-order valence-corrected chi connectivity index (χ0v) is 31.7. The van der Waals surface area contributed by atoms with E-state index in [0.717, 1.165) is 72.4 Å². The normalized spacial score (nSPS) is 11.4. The molecule has 11 aromatic rings. The van der Waals surface area contributed by atoms with Crippen LogP contribution in [0, 0.1) is 0 Å². The second-order valence-corrected chi connectivity index (χ2v) is 14.8. The number of benzene rings is 10. The quantitative estimate of drug-likeness (QED) is 0.151. The third-order valence-corrected chi connectivity index (χ3v) is 11.5. The number of hydrogen-bond donors (Lipinski definition) is 0. The van der Waals surface area contributed by atoms with Gasteiger partial charge in [0.15, 0.2) is 0 Å². The Morgan fingerprint density at radius 1 is 0.310 bits per heavy atom. The third kappa shape index (κ3) is 5.74. The van der Waals surface area contributed by atoms with Crippen molar-refractivity contribution in [3.8, 4) is 44.5 Å². The van der Waals surface area contributed by atoms with Crippen molar-refractivity contribution in [2.75, 3.05) is 4.90 Å². The van der Waals surface area contributed by atoms with Gasteiger partial charge in [-0.3, -0.25) is 0 Å². The highest BCUT2D eigenvalue weighted by Crippen LogP contribution is 2.49. The van der Waals surface area contributed by atoms with Crippen molar-refractivity contribution in [1.82, 2.24) is 0 Å². The molecule has 2 heteroatoms. The lowest BCUT2D eigenvalue weighted by Crippen LogP contribution is -2.12. The van der Waals surface area contributed by atoms with Crippen molar-refractivity contribution >= 4 is 60.5 Å². The Balaban J connectivity index is 1.16. The Bertz CT molecular complexity index is 3270. The zero-order chi connectivity index (χ0) is 38.4. The number of rotatable bonds is 7. The van der Waals surface area contributed by atoms with Gasteiger partial charge in [-0.25, -0.2) is 0 Å². The molecule has 0 saturated carbocycles. The summed E-state index contributed by atoms with van der Waals surface area (Å²) in [6, 6.07) is 80.5. The van der Waals surface area contributed by atoms with Gasteiger partial charge in [0.25, 0.3) is 0 Å². The number of anilines is 3. The van der Waals surface area contributed by atoms with E-state index in [-0.39, 0.29) is 0 Å². The lowest BCUT2D eigenvalue weighted by molar-refractivity contribution is 0.670. The largest absolute Gasteiger partial charge is 0.455 e. The smallest absolute Gasteiger partial charge is 0.145 e. The fourth-order valence-corrected chi connectivity index (χ4v) is 8.73. The van der Waals surface area contributed by atoms with Crippen LogP contribution in [0.4, 0.5) is 17.1 Å². The van der Waals surface area contributed by atoms with Crippen LogP contribution in [-0.4, -0.2) is 0 Å². The number of nitrogens with zero attached hydrogens (tertiary/aromatic N) is 1. The van der Waals surface area contributed by atoms with Gasteiger partial charge < -0.3 is 9.32 Å². The maximum atomic E-state index is 6.99. The molecule has 0 N–H and O–H groups in total. The van der Waals surface area contributed by atoms with Crippen molar-refractivity contribution in [3.63, 3.8) is 0 Å². The summed E-state index contributed by atoms with van der Waals surface area (Å²) in [5.74, 6) is 0. The minimum Gasteiger partial charge on any atom is -0.455 e. The van der Waals surface area contributed by atoms with Crippen LogP contribution >= 0.6 is 0 Å². The van der Waals surface area contributed by atoms with Gasteiger partial charge in [0.05, 0.1) is 16.8 Å². The standard InChI is InChI=1S/C56H37NO/c1-3-16-38(17-4-1)39-30-32-40(33-31-39)42-21-15-22-44(36-42)57(52-28-13-11-24-46(52)41-18-5-2-6-19-41)53-35-34-49(56-55(53)50-27-12-14-29-54(50)58-56)51-37-43-20-7-8-23-45(43)47-25-9-10-26-48(47)51/h1-37H. The molecular weight excluding hydrogens is 703 g/mol. The predicted octanol–water partition coefficient (Wildman–Crippen LogP) is 16.0. The van der Waals surface area contributed by atoms with E-state index < -0.39 is 0 Å². The number of hydrogen-bond acceptors (Lipinski definition) is 2. The molecule has 1 aromatic heterocycles. The molecule has 272 valence electrons. The number of furan rings is 1. The fourth-order valence-electron chi connectivity index (χ4n) is 8.73. The lowest BCUT2D eigenvalue weighted by atomic mass is 9.91. The SMILES string of the molecule is c1ccc(-c2ccc(-c3cccc(N(c4ccccc4-c4ccccc4)c4ccc(-c5cc6ccccc6c6ccccc56)c5oc6ccccc6c45)c3)cc2)cc1. The van der Waals surface area contributed by atoms with E-state index in [9.17, 15) is 0 Å². The molecule has 0 unspecified atom stereocenters. The average molecular weight is 740 g/mol. The van der Waals surface area contributed by atoms with Crippen molar-refractivity contribution in [1.29, 1.82) is 0 Å². The lowest BCUT2D eigenvalue weighted by Gasteiger charge is -2.29. The van der Waals surface area contributed by atoms with Crippen molar-refractivity contribution in [2.45, 2.75) is 0 Å². The highest BCUT2D eigenvalue weighted by atomic mass is 16.3. The molecular formula is C56H37NO. The molecule has 0 aliphatic rings. The summed E-state index contributed by atoms with van der Waals surface area (Å²) < 4.78 is 6.99. The molecule has 0 aliphatic carbocycles. The molecule has 0 aliphatic heterocycles. The van der Waals surface area contributed by atoms with E-state index in [2.05, 4.69) is 229 Å². The van der Waals surface area contributed by atoms with Gasteiger partial charge in [-0.05, 0) is 97.4 Å². The van der Waals surface area contributed by atoms with Gasteiger partial charge in [-0.1, -0.05) is 182 Å². The van der Waals surface area contributed by atoms with Gasteiger partial charge in [0, 0.05) is 22.2 Å². The van der Waals surface area contributed by atoms with Crippen LogP contribution < -0.4 is 4.90 Å². The highest BCUT2D eigenvalue weighted by molar-refractivity contribution is 6.21. The van der Waals surface area contributed by atoms with Crippen LogP contribution in [0.25, 0.3) is 88.0 Å². The van der Waals surface area contributed by atoms with Gasteiger partial charge in [0.1, 0.15) is 11.2 Å². The van der Waals surface area contributed by atoms with Crippen molar-refractivity contribution in [2.24, 2.45) is 0 Å². The zero-order valence-electron chi connectivity index (χ0n) is 31.7. The van der Waals surface area contributed by atoms with Crippen molar-refractivity contribution < 1.29 is 4.42 Å². The van der Waals surface area contributed by atoms with Gasteiger partial charge in [0.2, 0.25) is 0 Å². The van der Waals surface area contributed by atoms with Crippen LogP contribution in [0.2, 0.25) is 0 Å². The maximum Gasteiger partial charge on any atom is 0.145 e. The summed E-state index contributed by atoms with van der Waals surface area (Å²) in [4.78, 5) is 2.43. The van der Waals surface area contributed by atoms with Crippen LogP contribution in [0.5, 0.6) is 0 Å².